The van der Waals surface area contributed by atoms with Gasteiger partial charge in [-0.1, -0.05) is 37.5 Å². The lowest BCUT2D eigenvalue weighted by molar-refractivity contribution is 0.586. The van der Waals surface area contributed by atoms with E-state index in [1.165, 1.54) is 16.7 Å². The summed E-state index contributed by atoms with van der Waals surface area (Å²) in [5.74, 6) is 2.04. The van der Waals surface area contributed by atoms with Crippen LogP contribution in [0.4, 0.5) is 0 Å². The molecule has 3 atom stereocenters. The molecule has 0 spiro atoms. The van der Waals surface area contributed by atoms with Crippen LogP contribution in [0.1, 0.15) is 83.1 Å². The van der Waals surface area contributed by atoms with Crippen molar-refractivity contribution in [3.05, 3.63) is 66.9 Å². The zero-order valence-electron chi connectivity index (χ0n) is 20.3. The molecule has 0 N–H and O–H groups in total. The summed E-state index contributed by atoms with van der Waals surface area (Å²) in [7, 11) is 0. The quantitative estimate of drug-likeness (QED) is 0.463. The summed E-state index contributed by atoms with van der Waals surface area (Å²) >= 11 is 0. The van der Waals surface area contributed by atoms with Crippen molar-refractivity contribution >= 4 is 0 Å². The molecule has 0 heterocycles. The average Bonchev–Trinajstić information content (AvgIpc) is 3.06. The zero-order chi connectivity index (χ0) is 21.2. The van der Waals surface area contributed by atoms with Crippen LogP contribution in [0.2, 0.25) is 0 Å². The maximum Gasteiger partial charge on any atom is 0.0251 e. The fourth-order valence-corrected chi connectivity index (χ4v) is 6.09. The second-order valence-corrected chi connectivity index (χ2v) is 9.76. The Bertz CT molecular complexity index is 809. The van der Waals surface area contributed by atoms with Crippen molar-refractivity contribution in [3.8, 4) is 0 Å². The first kappa shape index (κ1) is 21.2. The van der Waals surface area contributed by atoms with Gasteiger partial charge in [-0.15, -0.1) is 0 Å². The molecule has 0 aromatic carbocycles. The van der Waals surface area contributed by atoms with Gasteiger partial charge in [0.15, 0.2) is 0 Å². The largest absolute Gasteiger partial charge is 0.0632 e. The van der Waals surface area contributed by atoms with Gasteiger partial charge in [0.1, 0.15) is 0 Å². The molecule has 0 radical (unpaired) electrons. The molecule has 3 aliphatic carbocycles. The molecule has 0 saturated heterocycles. The van der Waals surface area contributed by atoms with Gasteiger partial charge in [-0.2, -0.15) is 0 Å². The summed E-state index contributed by atoms with van der Waals surface area (Å²) in [6, 6.07) is 0. The number of allylic oxidation sites excluding steroid dienone is 12. The van der Waals surface area contributed by atoms with Crippen molar-refractivity contribution in [2.45, 2.75) is 83.1 Å². The van der Waals surface area contributed by atoms with E-state index in [1.54, 1.807) is 50.2 Å². The van der Waals surface area contributed by atoms with Gasteiger partial charge >= 0.3 is 0 Å². The van der Waals surface area contributed by atoms with Crippen LogP contribution < -0.4 is 0 Å². The topological polar surface area (TPSA) is 0 Å². The molecule has 0 aliphatic heterocycles. The van der Waals surface area contributed by atoms with Gasteiger partial charge < -0.3 is 0 Å². The summed E-state index contributed by atoms with van der Waals surface area (Å²) in [6.07, 6.45) is 0. The van der Waals surface area contributed by atoms with Crippen molar-refractivity contribution < 1.29 is 0 Å². The van der Waals surface area contributed by atoms with Crippen LogP contribution in [0.3, 0.4) is 0 Å². The predicted molar refractivity (Wildman–Crippen MR) is 124 cm³/mol. The van der Waals surface area contributed by atoms with Crippen molar-refractivity contribution in [1.82, 2.24) is 0 Å². The van der Waals surface area contributed by atoms with Crippen molar-refractivity contribution in [2.24, 2.45) is 23.7 Å². The van der Waals surface area contributed by atoms with E-state index in [-0.39, 0.29) is 0 Å². The predicted octanol–water partition coefficient (Wildman–Crippen LogP) is 8.51. The Hall–Kier alpha value is -1.56. The molecule has 0 aromatic heterocycles. The van der Waals surface area contributed by atoms with E-state index in [4.69, 9.17) is 0 Å². The number of hydrogen-bond acceptors (Lipinski definition) is 0. The van der Waals surface area contributed by atoms with E-state index in [2.05, 4.69) is 83.1 Å². The Morgan fingerprint density at radius 1 is 0.393 bits per heavy atom. The van der Waals surface area contributed by atoms with Gasteiger partial charge in [0.25, 0.3) is 0 Å². The normalized spacial score (nSPS) is 29.2. The molecule has 3 rings (SSSR count). The van der Waals surface area contributed by atoms with Gasteiger partial charge in [-0.3, -0.25) is 0 Å². The lowest BCUT2D eigenvalue weighted by Crippen LogP contribution is -2.22. The lowest BCUT2D eigenvalue weighted by Gasteiger charge is -2.34. The molecule has 0 amide bonds. The highest BCUT2D eigenvalue weighted by atomic mass is 14.5. The highest BCUT2D eigenvalue weighted by Crippen LogP contribution is 2.55. The Morgan fingerprint density at radius 2 is 0.607 bits per heavy atom. The minimum absolute atomic E-state index is 0.437. The van der Waals surface area contributed by atoms with E-state index < -0.39 is 0 Å². The molecule has 0 saturated carbocycles. The van der Waals surface area contributed by atoms with Crippen molar-refractivity contribution in [2.75, 3.05) is 0 Å². The van der Waals surface area contributed by atoms with Gasteiger partial charge in [-0.25, -0.2) is 0 Å². The third-order valence-electron chi connectivity index (χ3n) is 9.04. The SMILES string of the molecule is CC1=C(C)[C@@H](C)C(C(C2=C(C)C(C)=C(C)[C@H]2C)C2=C(C)C(C)=C(C)[C@@H]2C)=C1C. The minimum Gasteiger partial charge on any atom is -0.0632 e. The Kier molecular flexibility index (Phi) is 5.32. The van der Waals surface area contributed by atoms with E-state index in [9.17, 15) is 0 Å². The summed E-state index contributed by atoms with van der Waals surface area (Å²) in [4.78, 5) is 0. The van der Waals surface area contributed by atoms with E-state index in [0.717, 1.165) is 0 Å². The molecule has 28 heavy (non-hydrogen) atoms. The van der Waals surface area contributed by atoms with E-state index in [1.807, 2.05) is 0 Å². The number of rotatable bonds is 3. The Morgan fingerprint density at radius 3 is 0.750 bits per heavy atom. The third-order valence-corrected chi connectivity index (χ3v) is 9.04. The maximum atomic E-state index is 2.43. The first-order valence-electron chi connectivity index (χ1n) is 11.1. The molecular weight excluding hydrogens is 336 g/mol. The Balaban J connectivity index is 2.29. The first-order valence-corrected chi connectivity index (χ1v) is 11.1. The fourth-order valence-electron chi connectivity index (χ4n) is 6.09. The lowest BCUT2D eigenvalue weighted by atomic mass is 9.70. The van der Waals surface area contributed by atoms with Gasteiger partial charge in [0.05, 0.1) is 0 Å². The molecule has 3 aliphatic rings. The molecular formula is C28H40. The highest BCUT2D eigenvalue weighted by molar-refractivity contribution is 5.61. The monoisotopic (exact) mass is 376 g/mol. The van der Waals surface area contributed by atoms with Gasteiger partial charge in [-0.05, 0) is 130 Å². The van der Waals surface area contributed by atoms with Crippen LogP contribution in [0.15, 0.2) is 66.9 Å². The molecule has 0 unspecified atom stereocenters. The second-order valence-electron chi connectivity index (χ2n) is 9.76. The third kappa shape index (κ3) is 2.71. The first-order chi connectivity index (χ1) is 12.9. The molecule has 0 nitrogen and oxygen atoms in total. The van der Waals surface area contributed by atoms with Crippen LogP contribution in [0, 0.1) is 23.7 Å². The van der Waals surface area contributed by atoms with Crippen LogP contribution in [0.5, 0.6) is 0 Å². The number of hydrogen-bond donors (Lipinski definition) is 0. The smallest absolute Gasteiger partial charge is 0.0251 e. The molecule has 0 bridgehead atoms. The highest BCUT2D eigenvalue weighted by Gasteiger charge is 2.42. The standard InChI is InChI=1S/C28H40/c1-13-14(2)20(8)25(19(13)7)28(26-21(9)15(3)16(4)22(26)10)27-23(11)17(5)18(6)24(27)12/h19,21,23,28H,1-12H3/t19-,21-,23+/m1/s1. The second kappa shape index (κ2) is 7.05. The summed E-state index contributed by atoms with van der Waals surface area (Å²) in [5, 5.41) is 0. The fraction of sp³-hybridized carbons (Fsp3) is 0.571. The maximum absolute atomic E-state index is 2.43. The molecule has 0 heteroatoms. The summed E-state index contributed by atoms with van der Waals surface area (Å²) < 4.78 is 0. The van der Waals surface area contributed by atoms with Gasteiger partial charge in [0, 0.05) is 5.92 Å². The molecule has 0 aromatic rings. The van der Waals surface area contributed by atoms with Crippen LogP contribution >= 0.6 is 0 Å². The minimum atomic E-state index is 0.437. The van der Waals surface area contributed by atoms with Crippen LogP contribution in [0.25, 0.3) is 0 Å². The van der Waals surface area contributed by atoms with E-state index >= 15 is 0 Å². The van der Waals surface area contributed by atoms with Crippen molar-refractivity contribution in [1.29, 1.82) is 0 Å². The van der Waals surface area contributed by atoms with Crippen LogP contribution in [-0.4, -0.2) is 0 Å². The summed E-state index contributed by atoms with van der Waals surface area (Å²) in [6.45, 7) is 28.4. The van der Waals surface area contributed by atoms with Gasteiger partial charge in [0.2, 0.25) is 0 Å². The molecule has 152 valence electrons. The van der Waals surface area contributed by atoms with Crippen molar-refractivity contribution in [3.63, 3.8) is 0 Å². The Labute approximate surface area is 173 Å². The van der Waals surface area contributed by atoms with E-state index in [0.29, 0.717) is 23.7 Å². The average molecular weight is 377 g/mol. The molecule has 0 fully saturated rings. The zero-order valence-corrected chi connectivity index (χ0v) is 20.3. The summed E-state index contributed by atoms with van der Waals surface area (Å²) in [5.41, 5.74) is 18.9. The van der Waals surface area contributed by atoms with Crippen LogP contribution in [-0.2, 0) is 0 Å².